The molecule has 2 N–H and O–H groups in total. The molecule has 0 saturated carbocycles. The van der Waals surface area contributed by atoms with Crippen molar-refractivity contribution in [3.63, 3.8) is 0 Å². The van der Waals surface area contributed by atoms with E-state index in [0.29, 0.717) is 6.10 Å². The van der Waals surface area contributed by atoms with Crippen molar-refractivity contribution in [2.75, 3.05) is 13.2 Å². The third kappa shape index (κ3) is 4.01. The van der Waals surface area contributed by atoms with Crippen LogP contribution in [0.25, 0.3) is 0 Å². The van der Waals surface area contributed by atoms with Crippen molar-refractivity contribution in [1.29, 1.82) is 0 Å². The summed E-state index contributed by atoms with van der Waals surface area (Å²) in [6.45, 7) is 1.62. The molecule has 0 bridgehead atoms. The molecule has 2 amide bonds. The minimum atomic E-state index is -0.0498. The van der Waals surface area contributed by atoms with Gasteiger partial charge < -0.3 is 15.4 Å². The van der Waals surface area contributed by atoms with Crippen LogP contribution in [-0.4, -0.2) is 25.3 Å². The summed E-state index contributed by atoms with van der Waals surface area (Å²) in [5.74, 6) is 0. The molecule has 3 rings (SSSR count). The first-order chi connectivity index (χ1) is 10.8. The van der Waals surface area contributed by atoms with Crippen molar-refractivity contribution in [2.24, 2.45) is 0 Å². The van der Waals surface area contributed by atoms with Crippen LogP contribution in [0.4, 0.5) is 4.79 Å². The lowest BCUT2D eigenvalue weighted by molar-refractivity contribution is 0.0103. The lowest BCUT2D eigenvalue weighted by Crippen LogP contribution is -2.38. The number of carbonyl (C=O) groups excluding carboxylic acids is 1. The normalized spacial score (nSPS) is 23.8. The highest BCUT2D eigenvalue weighted by atomic mass is 16.5. The third-order valence-corrected chi connectivity index (χ3v) is 4.70. The highest BCUT2D eigenvalue weighted by Crippen LogP contribution is 2.30. The molecule has 2 unspecified atom stereocenters. The highest BCUT2D eigenvalue weighted by Gasteiger charge is 2.23. The first-order valence-corrected chi connectivity index (χ1v) is 8.57. The van der Waals surface area contributed by atoms with Gasteiger partial charge in [-0.2, -0.15) is 0 Å². The van der Waals surface area contributed by atoms with Gasteiger partial charge in [-0.05, 0) is 56.1 Å². The zero-order chi connectivity index (χ0) is 15.2. The second kappa shape index (κ2) is 7.63. The summed E-state index contributed by atoms with van der Waals surface area (Å²) in [5.41, 5.74) is 2.63. The molecule has 2 aliphatic rings. The van der Waals surface area contributed by atoms with Crippen LogP contribution in [0.2, 0.25) is 0 Å². The zero-order valence-corrected chi connectivity index (χ0v) is 13.1. The Morgan fingerprint density at radius 2 is 2.14 bits per heavy atom. The molecule has 120 valence electrons. The fourth-order valence-corrected chi connectivity index (χ4v) is 3.48. The summed E-state index contributed by atoms with van der Waals surface area (Å²) >= 11 is 0. The largest absolute Gasteiger partial charge is 0.378 e. The van der Waals surface area contributed by atoms with E-state index >= 15 is 0 Å². The SMILES string of the molecule is O=C(NCCCC1CCCCO1)NC1CCc2ccccc21. The fraction of sp³-hybridized carbons (Fsp3) is 0.611. The minimum absolute atomic E-state index is 0.0498. The predicted octanol–water partition coefficient (Wildman–Crippen LogP) is 3.32. The standard InChI is InChI=1S/C18H26N2O2/c21-18(19-12-5-8-15-7-3-4-13-22-15)20-17-11-10-14-6-1-2-9-16(14)17/h1-2,6,9,15,17H,3-5,7-8,10-13H2,(H2,19,20,21). The van der Waals surface area contributed by atoms with Crippen molar-refractivity contribution < 1.29 is 9.53 Å². The minimum Gasteiger partial charge on any atom is -0.378 e. The maximum Gasteiger partial charge on any atom is 0.315 e. The number of nitrogens with one attached hydrogen (secondary N) is 2. The number of hydrogen-bond donors (Lipinski definition) is 2. The molecule has 0 spiro atoms. The lowest BCUT2D eigenvalue weighted by Gasteiger charge is -2.22. The summed E-state index contributed by atoms with van der Waals surface area (Å²) in [4.78, 5) is 12.0. The average molecular weight is 302 g/mol. The summed E-state index contributed by atoms with van der Waals surface area (Å²) in [7, 11) is 0. The Bertz CT molecular complexity index is 498. The van der Waals surface area contributed by atoms with E-state index in [1.807, 2.05) is 6.07 Å². The van der Waals surface area contributed by atoms with Gasteiger partial charge in [0.05, 0.1) is 12.1 Å². The fourth-order valence-electron chi connectivity index (χ4n) is 3.48. The van der Waals surface area contributed by atoms with E-state index in [4.69, 9.17) is 4.74 Å². The lowest BCUT2D eigenvalue weighted by atomic mass is 10.0. The van der Waals surface area contributed by atoms with Gasteiger partial charge in [-0.25, -0.2) is 4.79 Å². The number of rotatable bonds is 5. The first-order valence-electron chi connectivity index (χ1n) is 8.57. The van der Waals surface area contributed by atoms with Gasteiger partial charge in [0.2, 0.25) is 0 Å². The van der Waals surface area contributed by atoms with Gasteiger partial charge in [0, 0.05) is 13.2 Å². The number of ether oxygens (including phenoxy) is 1. The van der Waals surface area contributed by atoms with Gasteiger partial charge >= 0.3 is 6.03 Å². The zero-order valence-electron chi connectivity index (χ0n) is 13.1. The van der Waals surface area contributed by atoms with Crippen LogP contribution < -0.4 is 10.6 Å². The third-order valence-electron chi connectivity index (χ3n) is 4.70. The van der Waals surface area contributed by atoms with E-state index in [-0.39, 0.29) is 12.1 Å². The second-order valence-electron chi connectivity index (χ2n) is 6.32. The van der Waals surface area contributed by atoms with Gasteiger partial charge in [0.1, 0.15) is 0 Å². The Kier molecular flexibility index (Phi) is 5.33. The van der Waals surface area contributed by atoms with Crippen molar-refractivity contribution in [3.05, 3.63) is 35.4 Å². The molecule has 1 aliphatic carbocycles. The van der Waals surface area contributed by atoms with Gasteiger partial charge in [-0.3, -0.25) is 0 Å². The summed E-state index contributed by atoms with van der Waals surface area (Å²) < 4.78 is 5.70. The number of aryl methyl sites for hydroxylation is 1. The Morgan fingerprint density at radius 1 is 1.23 bits per heavy atom. The van der Waals surface area contributed by atoms with Crippen molar-refractivity contribution in [2.45, 2.75) is 57.1 Å². The van der Waals surface area contributed by atoms with Crippen LogP contribution in [0.1, 0.15) is 55.7 Å². The molecular formula is C18H26N2O2. The number of fused-ring (bicyclic) bond motifs is 1. The Hall–Kier alpha value is -1.55. The maximum absolute atomic E-state index is 12.0. The molecule has 4 heteroatoms. The van der Waals surface area contributed by atoms with E-state index in [1.165, 1.54) is 30.4 Å². The number of carbonyl (C=O) groups is 1. The number of hydrogen-bond acceptors (Lipinski definition) is 2. The maximum atomic E-state index is 12.0. The Morgan fingerprint density at radius 3 is 3.00 bits per heavy atom. The van der Waals surface area contributed by atoms with E-state index in [0.717, 1.165) is 38.8 Å². The first kappa shape index (κ1) is 15.3. The Labute approximate surface area is 132 Å². The summed E-state index contributed by atoms with van der Waals surface area (Å²) in [5, 5.41) is 6.07. The number of amides is 2. The van der Waals surface area contributed by atoms with E-state index in [9.17, 15) is 4.79 Å². The van der Waals surface area contributed by atoms with Gasteiger partial charge in [-0.1, -0.05) is 24.3 Å². The van der Waals surface area contributed by atoms with Crippen LogP contribution in [0.5, 0.6) is 0 Å². The monoisotopic (exact) mass is 302 g/mol. The molecule has 0 radical (unpaired) electrons. The second-order valence-corrected chi connectivity index (χ2v) is 6.32. The molecule has 2 atom stereocenters. The molecule has 0 aromatic heterocycles. The van der Waals surface area contributed by atoms with Crippen LogP contribution in [0.3, 0.4) is 0 Å². The van der Waals surface area contributed by atoms with Crippen molar-refractivity contribution in [3.8, 4) is 0 Å². The summed E-state index contributed by atoms with van der Waals surface area (Å²) in [6.07, 6.45) is 8.14. The average Bonchev–Trinajstić information content (AvgIpc) is 2.96. The predicted molar refractivity (Wildman–Crippen MR) is 86.9 cm³/mol. The molecule has 22 heavy (non-hydrogen) atoms. The van der Waals surface area contributed by atoms with Crippen molar-refractivity contribution in [1.82, 2.24) is 10.6 Å². The molecule has 1 saturated heterocycles. The molecular weight excluding hydrogens is 276 g/mol. The topological polar surface area (TPSA) is 50.4 Å². The number of urea groups is 1. The van der Waals surface area contributed by atoms with Crippen LogP contribution in [-0.2, 0) is 11.2 Å². The summed E-state index contributed by atoms with van der Waals surface area (Å²) in [6, 6.07) is 8.49. The van der Waals surface area contributed by atoms with Gasteiger partial charge in [-0.15, -0.1) is 0 Å². The Balaban J connectivity index is 1.35. The highest BCUT2D eigenvalue weighted by molar-refractivity contribution is 5.74. The van der Waals surface area contributed by atoms with E-state index in [2.05, 4.69) is 28.8 Å². The van der Waals surface area contributed by atoms with Crippen LogP contribution in [0, 0.1) is 0 Å². The smallest absolute Gasteiger partial charge is 0.315 e. The molecule has 1 aromatic carbocycles. The molecule has 1 aromatic rings. The number of benzene rings is 1. The van der Waals surface area contributed by atoms with Crippen LogP contribution in [0.15, 0.2) is 24.3 Å². The van der Waals surface area contributed by atoms with E-state index in [1.54, 1.807) is 0 Å². The molecule has 1 fully saturated rings. The van der Waals surface area contributed by atoms with E-state index < -0.39 is 0 Å². The molecule has 4 nitrogen and oxygen atoms in total. The van der Waals surface area contributed by atoms with Gasteiger partial charge in [0.15, 0.2) is 0 Å². The van der Waals surface area contributed by atoms with Crippen LogP contribution >= 0.6 is 0 Å². The van der Waals surface area contributed by atoms with Crippen molar-refractivity contribution >= 4 is 6.03 Å². The molecule has 1 heterocycles. The quantitative estimate of drug-likeness (QED) is 0.820. The molecule has 1 aliphatic heterocycles. The van der Waals surface area contributed by atoms with Gasteiger partial charge in [0.25, 0.3) is 0 Å².